The fourth-order valence-electron chi connectivity index (χ4n) is 1.75. The van der Waals surface area contributed by atoms with E-state index < -0.39 is 18.0 Å². The minimum atomic E-state index is -0.495. The number of nitrogens with one attached hydrogen (secondary N) is 1. The number of amides is 1. The number of hydrogen-bond acceptors (Lipinski definition) is 5. The van der Waals surface area contributed by atoms with Crippen molar-refractivity contribution >= 4 is 33.8 Å². The quantitative estimate of drug-likeness (QED) is 0.742. The first-order valence-electron chi connectivity index (χ1n) is 6.67. The zero-order valence-corrected chi connectivity index (χ0v) is 14.0. The van der Waals surface area contributed by atoms with Crippen LogP contribution in [0.5, 0.6) is 0 Å². The summed E-state index contributed by atoms with van der Waals surface area (Å²) >= 11 is 3.33. The van der Waals surface area contributed by atoms with Gasteiger partial charge >= 0.3 is 11.9 Å². The average molecular weight is 372 g/mol. The smallest absolute Gasteiger partial charge is 0.307 e. The number of methoxy groups -OCH3 is 1. The van der Waals surface area contributed by atoms with Crippen LogP contribution in [-0.4, -0.2) is 31.6 Å². The molecule has 1 N–H and O–H groups in total. The molecule has 0 saturated carbocycles. The molecular formula is C15H18BrNO5. The van der Waals surface area contributed by atoms with Crippen LogP contribution in [0.4, 0.5) is 0 Å². The molecule has 0 aliphatic heterocycles. The number of esters is 2. The van der Waals surface area contributed by atoms with E-state index >= 15 is 0 Å². The highest BCUT2D eigenvalue weighted by Crippen LogP contribution is 2.20. The second-order valence-corrected chi connectivity index (χ2v) is 5.46. The third kappa shape index (κ3) is 6.71. The van der Waals surface area contributed by atoms with Gasteiger partial charge in [0.1, 0.15) is 6.61 Å². The molecule has 0 aliphatic rings. The van der Waals surface area contributed by atoms with Crippen LogP contribution >= 0.6 is 15.9 Å². The number of halogens is 1. The van der Waals surface area contributed by atoms with E-state index in [9.17, 15) is 14.4 Å². The lowest BCUT2D eigenvalue weighted by atomic mass is 10.0. The molecule has 0 heterocycles. The highest BCUT2D eigenvalue weighted by atomic mass is 79.9. The zero-order valence-electron chi connectivity index (χ0n) is 12.4. The monoisotopic (exact) mass is 371 g/mol. The van der Waals surface area contributed by atoms with E-state index in [1.807, 2.05) is 24.3 Å². The molecule has 1 aromatic carbocycles. The van der Waals surface area contributed by atoms with Crippen LogP contribution in [0, 0.1) is 0 Å². The van der Waals surface area contributed by atoms with E-state index in [0.717, 1.165) is 10.0 Å². The molecule has 0 aromatic heterocycles. The minimum absolute atomic E-state index is 0.00640. The van der Waals surface area contributed by atoms with Crippen molar-refractivity contribution in [1.29, 1.82) is 0 Å². The third-order valence-electron chi connectivity index (χ3n) is 2.84. The maximum atomic E-state index is 11.9. The molecule has 0 fully saturated rings. The molecule has 1 rings (SSSR count). The van der Waals surface area contributed by atoms with Gasteiger partial charge in [-0.15, -0.1) is 0 Å². The predicted molar refractivity (Wildman–Crippen MR) is 82.9 cm³/mol. The van der Waals surface area contributed by atoms with Crippen LogP contribution in [0.1, 0.15) is 31.4 Å². The molecule has 7 heteroatoms. The van der Waals surface area contributed by atoms with Gasteiger partial charge in [0.25, 0.3) is 0 Å². The molecule has 1 aromatic rings. The van der Waals surface area contributed by atoms with Crippen LogP contribution in [0.2, 0.25) is 0 Å². The number of ether oxygens (including phenoxy) is 2. The molecule has 6 nitrogen and oxygen atoms in total. The van der Waals surface area contributed by atoms with Gasteiger partial charge in [0.2, 0.25) is 5.91 Å². The largest absolute Gasteiger partial charge is 0.469 e. The van der Waals surface area contributed by atoms with Gasteiger partial charge < -0.3 is 14.8 Å². The molecule has 1 amide bonds. The number of hydrogen-bond donors (Lipinski definition) is 1. The first-order valence-corrected chi connectivity index (χ1v) is 7.46. The summed E-state index contributed by atoms with van der Waals surface area (Å²) in [7, 11) is 1.30. The van der Waals surface area contributed by atoms with E-state index in [1.54, 1.807) is 0 Å². The molecular weight excluding hydrogens is 354 g/mol. The van der Waals surface area contributed by atoms with E-state index in [1.165, 1.54) is 14.0 Å². The summed E-state index contributed by atoms with van der Waals surface area (Å²) in [6.45, 7) is 1.28. The van der Waals surface area contributed by atoms with Gasteiger partial charge in [0, 0.05) is 11.4 Å². The summed E-state index contributed by atoms with van der Waals surface area (Å²) in [6, 6.07) is 6.77. The third-order valence-corrected chi connectivity index (χ3v) is 3.37. The Morgan fingerprint density at radius 1 is 1.23 bits per heavy atom. The van der Waals surface area contributed by atoms with Crippen molar-refractivity contribution < 1.29 is 23.9 Å². The lowest BCUT2D eigenvalue weighted by Gasteiger charge is -2.18. The summed E-state index contributed by atoms with van der Waals surface area (Å²) in [4.78, 5) is 34.0. The topological polar surface area (TPSA) is 81.7 Å². The van der Waals surface area contributed by atoms with Crippen LogP contribution in [0.3, 0.4) is 0 Å². The summed E-state index contributed by atoms with van der Waals surface area (Å²) in [5.41, 5.74) is 0.787. The van der Waals surface area contributed by atoms with E-state index in [2.05, 4.69) is 26.0 Å². The maximum absolute atomic E-state index is 11.9. The summed E-state index contributed by atoms with van der Waals surface area (Å²) < 4.78 is 10.3. The van der Waals surface area contributed by atoms with Gasteiger partial charge in [-0.2, -0.15) is 0 Å². The van der Waals surface area contributed by atoms with Gasteiger partial charge in [-0.3, -0.25) is 14.4 Å². The first kappa shape index (κ1) is 18.2. The Morgan fingerprint density at radius 2 is 1.86 bits per heavy atom. The fourth-order valence-corrected chi connectivity index (χ4v) is 2.02. The van der Waals surface area contributed by atoms with E-state index in [0.29, 0.717) is 0 Å². The fraction of sp³-hybridized carbons (Fsp3) is 0.400. The number of rotatable bonds is 7. The van der Waals surface area contributed by atoms with Crippen molar-refractivity contribution in [3.8, 4) is 0 Å². The van der Waals surface area contributed by atoms with Crippen molar-refractivity contribution in [3.05, 3.63) is 34.3 Å². The van der Waals surface area contributed by atoms with E-state index in [-0.39, 0.29) is 25.4 Å². The molecule has 0 aliphatic carbocycles. The van der Waals surface area contributed by atoms with Gasteiger partial charge in [-0.1, -0.05) is 28.1 Å². The summed E-state index contributed by atoms with van der Waals surface area (Å²) in [6.07, 6.45) is 0.0607. The van der Waals surface area contributed by atoms with Crippen molar-refractivity contribution in [2.45, 2.75) is 25.8 Å². The molecule has 1 atom stereocenters. The Hall–Kier alpha value is -1.89. The van der Waals surface area contributed by atoms with Gasteiger partial charge in [-0.25, -0.2) is 0 Å². The van der Waals surface area contributed by atoms with Crippen LogP contribution < -0.4 is 5.32 Å². The molecule has 0 saturated heterocycles. The van der Waals surface area contributed by atoms with Crippen molar-refractivity contribution in [2.24, 2.45) is 0 Å². The van der Waals surface area contributed by atoms with Gasteiger partial charge in [-0.05, 0) is 17.7 Å². The molecule has 120 valence electrons. The van der Waals surface area contributed by atoms with E-state index in [4.69, 9.17) is 4.74 Å². The lowest BCUT2D eigenvalue weighted by molar-refractivity contribution is -0.141. The average Bonchev–Trinajstić information content (AvgIpc) is 2.46. The van der Waals surface area contributed by atoms with Gasteiger partial charge in [0.05, 0.1) is 26.0 Å². The van der Waals surface area contributed by atoms with Crippen LogP contribution in [0.15, 0.2) is 28.7 Å². The number of carbonyl (C=O) groups is 3. The second-order valence-electron chi connectivity index (χ2n) is 4.54. The predicted octanol–water partition coefficient (Wildman–Crippen LogP) is 2.12. The molecule has 0 radical (unpaired) electrons. The Labute approximate surface area is 137 Å². The zero-order chi connectivity index (χ0) is 16.5. The van der Waals surface area contributed by atoms with Crippen molar-refractivity contribution in [2.75, 3.05) is 13.7 Å². The normalized spacial score (nSPS) is 11.4. The molecule has 0 spiro atoms. The molecule has 0 unspecified atom stereocenters. The number of benzene rings is 1. The standard InChI is InChI=1S/C15H18BrNO5/c1-10(18)22-8-7-14(19)17-13(9-15(20)21-2)11-3-5-12(16)6-4-11/h3-6,13H,7-9H2,1-2H3,(H,17,19)/t13-/m1/s1. The Bertz CT molecular complexity index is 529. The first-order chi connectivity index (χ1) is 10.4. The second kappa shape index (κ2) is 9.19. The maximum Gasteiger partial charge on any atom is 0.307 e. The van der Waals surface area contributed by atoms with Crippen LogP contribution in [-0.2, 0) is 23.9 Å². The Balaban J connectivity index is 2.69. The minimum Gasteiger partial charge on any atom is -0.469 e. The lowest BCUT2D eigenvalue weighted by Crippen LogP contribution is -2.31. The Morgan fingerprint density at radius 3 is 2.41 bits per heavy atom. The summed E-state index contributed by atoms with van der Waals surface area (Å²) in [5.74, 6) is -1.17. The van der Waals surface area contributed by atoms with Crippen molar-refractivity contribution in [1.82, 2.24) is 5.32 Å². The van der Waals surface area contributed by atoms with Crippen LogP contribution in [0.25, 0.3) is 0 Å². The molecule has 0 bridgehead atoms. The molecule has 22 heavy (non-hydrogen) atoms. The SMILES string of the molecule is COC(=O)C[C@@H](NC(=O)CCOC(C)=O)c1ccc(Br)cc1. The van der Waals surface area contributed by atoms with Crippen molar-refractivity contribution in [3.63, 3.8) is 0 Å². The summed E-state index contributed by atoms with van der Waals surface area (Å²) in [5, 5.41) is 2.75. The van der Waals surface area contributed by atoms with Gasteiger partial charge in [0.15, 0.2) is 0 Å². The highest BCUT2D eigenvalue weighted by molar-refractivity contribution is 9.10. The Kier molecular flexibility index (Phi) is 7.59. The highest BCUT2D eigenvalue weighted by Gasteiger charge is 2.19. The number of carbonyl (C=O) groups excluding carboxylic acids is 3.